The van der Waals surface area contributed by atoms with Crippen molar-refractivity contribution in [2.24, 2.45) is 0 Å². The molecule has 23 heavy (non-hydrogen) atoms. The maximum absolute atomic E-state index is 5.64. The third kappa shape index (κ3) is 2.13. The zero-order valence-corrected chi connectivity index (χ0v) is 14.3. The molecule has 0 N–H and O–H groups in total. The second kappa shape index (κ2) is 5.39. The minimum absolute atomic E-state index is 0.929. The van der Waals surface area contributed by atoms with Crippen molar-refractivity contribution in [2.75, 3.05) is 7.11 Å². The first-order chi connectivity index (χ1) is 11.2. The van der Waals surface area contributed by atoms with E-state index in [0.717, 1.165) is 5.75 Å². The van der Waals surface area contributed by atoms with E-state index >= 15 is 0 Å². The van der Waals surface area contributed by atoms with Crippen LogP contribution in [0.15, 0.2) is 54.6 Å². The molecule has 0 aliphatic carbocycles. The quantitative estimate of drug-likeness (QED) is 0.418. The van der Waals surface area contributed by atoms with Crippen LogP contribution in [0.25, 0.3) is 31.3 Å². The standard InChI is InChI=1S/C21H18OS/c1-13-12-19-21(16-9-5-7-11-18(16)23-19)20(14(13)2)15-8-4-6-10-17(15)22-3/h4-12H,1-3H3. The van der Waals surface area contributed by atoms with Gasteiger partial charge in [-0.3, -0.25) is 0 Å². The van der Waals surface area contributed by atoms with E-state index in [9.17, 15) is 0 Å². The summed E-state index contributed by atoms with van der Waals surface area (Å²) in [7, 11) is 1.74. The molecule has 0 saturated heterocycles. The highest BCUT2D eigenvalue weighted by Gasteiger charge is 2.17. The van der Waals surface area contributed by atoms with E-state index in [2.05, 4.69) is 56.3 Å². The Labute approximate surface area is 140 Å². The summed E-state index contributed by atoms with van der Waals surface area (Å²) in [5.41, 5.74) is 5.12. The molecule has 0 aliphatic rings. The first-order valence-electron chi connectivity index (χ1n) is 7.75. The van der Waals surface area contributed by atoms with Crippen LogP contribution in [-0.2, 0) is 0 Å². The molecule has 0 unspecified atom stereocenters. The molecule has 4 rings (SSSR count). The maximum Gasteiger partial charge on any atom is 0.126 e. The molecule has 0 amide bonds. The second-order valence-corrected chi connectivity index (χ2v) is 6.95. The van der Waals surface area contributed by atoms with Crippen molar-refractivity contribution in [2.45, 2.75) is 13.8 Å². The Hall–Kier alpha value is -2.32. The molecule has 4 aromatic rings. The third-order valence-electron chi connectivity index (χ3n) is 4.56. The smallest absolute Gasteiger partial charge is 0.126 e. The molecule has 0 aliphatic heterocycles. The van der Waals surface area contributed by atoms with Crippen molar-refractivity contribution in [1.82, 2.24) is 0 Å². The van der Waals surface area contributed by atoms with Gasteiger partial charge >= 0.3 is 0 Å². The van der Waals surface area contributed by atoms with Crippen LogP contribution < -0.4 is 4.74 Å². The number of methoxy groups -OCH3 is 1. The van der Waals surface area contributed by atoms with E-state index in [1.807, 2.05) is 23.5 Å². The van der Waals surface area contributed by atoms with Crippen molar-refractivity contribution in [3.05, 3.63) is 65.7 Å². The lowest BCUT2D eigenvalue weighted by Crippen LogP contribution is -1.92. The fourth-order valence-corrected chi connectivity index (χ4v) is 4.51. The number of ether oxygens (including phenoxy) is 1. The minimum Gasteiger partial charge on any atom is -0.496 e. The van der Waals surface area contributed by atoms with Gasteiger partial charge in [0.05, 0.1) is 7.11 Å². The summed E-state index contributed by atoms with van der Waals surface area (Å²) in [6, 6.07) is 19.3. The molecule has 1 nitrogen and oxygen atoms in total. The van der Waals surface area contributed by atoms with Crippen molar-refractivity contribution in [3.8, 4) is 16.9 Å². The lowest BCUT2D eigenvalue weighted by atomic mass is 9.92. The molecule has 0 atom stereocenters. The molecule has 0 spiro atoms. The lowest BCUT2D eigenvalue weighted by Gasteiger charge is -2.15. The summed E-state index contributed by atoms with van der Waals surface area (Å²) in [5.74, 6) is 0.929. The van der Waals surface area contributed by atoms with Gasteiger partial charge < -0.3 is 4.74 Å². The average Bonchev–Trinajstić information content (AvgIpc) is 2.94. The molecule has 0 fully saturated rings. The fraction of sp³-hybridized carbons (Fsp3) is 0.143. The van der Waals surface area contributed by atoms with Crippen molar-refractivity contribution in [1.29, 1.82) is 0 Å². The zero-order valence-electron chi connectivity index (χ0n) is 13.5. The lowest BCUT2D eigenvalue weighted by molar-refractivity contribution is 0.416. The summed E-state index contributed by atoms with van der Waals surface area (Å²) < 4.78 is 8.32. The van der Waals surface area contributed by atoms with Gasteiger partial charge in [0.1, 0.15) is 5.75 Å². The number of hydrogen-bond donors (Lipinski definition) is 0. The van der Waals surface area contributed by atoms with Crippen LogP contribution in [0.1, 0.15) is 11.1 Å². The van der Waals surface area contributed by atoms with Gasteiger partial charge in [-0.05, 0) is 48.7 Å². The van der Waals surface area contributed by atoms with Crippen molar-refractivity contribution in [3.63, 3.8) is 0 Å². The summed E-state index contributed by atoms with van der Waals surface area (Å²) in [6.45, 7) is 4.40. The molecule has 1 aromatic heterocycles. The molecule has 0 radical (unpaired) electrons. The molecular formula is C21H18OS. The highest BCUT2D eigenvalue weighted by Crippen LogP contribution is 2.44. The SMILES string of the molecule is COc1ccccc1-c1c(C)c(C)cc2sc3ccccc3c12. The number of thiophene rings is 1. The van der Waals surface area contributed by atoms with Gasteiger partial charge in [0.15, 0.2) is 0 Å². The van der Waals surface area contributed by atoms with E-state index in [1.165, 1.54) is 42.4 Å². The number of aryl methyl sites for hydroxylation is 1. The third-order valence-corrected chi connectivity index (χ3v) is 5.68. The Balaban J connectivity index is 2.22. The summed E-state index contributed by atoms with van der Waals surface area (Å²) >= 11 is 1.87. The summed E-state index contributed by atoms with van der Waals surface area (Å²) in [6.07, 6.45) is 0. The molecule has 1 heterocycles. The number of fused-ring (bicyclic) bond motifs is 3. The summed E-state index contributed by atoms with van der Waals surface area (Å²) in [5, 5.41) is 2.68. The predicted molar refractivity (Wildman–Crippen MR) is 101 cm³/mol. The molecular weight excluding hydrogens is 300 g/mol. The van der Waals surface area contributed by atoms with Gasteiger partial charge in [-0.25, -0.2) is 0 Å². The van der Waals surface area contributed by atoms with Crippen LogP contribution >= 0.6 is 11.3 Å². The van der Waals surface area contributed by atoms with Gasteiger partial charge in [0.2, 0.25) is 0 Å². The maximum atomic E-state index is 5.64. The number of para-hydroxylation sites is 1. The molecule has 2 heteroatoms. The van der Waals surface area contributed by atoms with Crippen LogP contribution in [0, 0.1) is 13.8 Å². The molecule has 114 valence electrons. The first-order valence-corrected chi connectivity index (χ1v) is 8.57. The summed E-state index contributed by atoms with van der Waals surface area (Å²) in [4.78, 5) is 0. The average molecular weight is 318 g/mol. The van der Waals surface area contributed by atoms with Gasteiger partial charge in [0, 0.05) is 25.7 Å². The highest BCUT2D eigenvalue weighted by molar-refractivity contribution is 7.26. The highest BCUT2D eigenvalue weighted by atomic mass is 32.1. The van der Waals surface area contributed by atoms with Crippen LogP contribution in [0.4, 0.5) is 0 Å². The predicted octanol–water partition coefficient (Wildman–Crippen LogP) is 6.35. The Bertz CT molecular complexity index is 1030. The minimum atomic E-state index is 0.929. The Morgan fingerprint density at radius 2 is 1.61 bits per heavy atom. The van der Waals surface area contributed by atoms with Gasteiger partial charge in [-0.2, -0.15) is 0 Å². The number of rotatable bonds is 2. The number of benzene rings is 3. The molecule has 3 aromatic carbocycles. The van der Waals surface area contributed by atoms with E-state index in [-0.39, 0.29) is 0 Å². The van der Waals surface area contributed by atoms with E-state index in [1.54, 1.807) is 7.11 Å². The number of hydrogen-bond acceptors (Lipinski definition) is 2. The van der Waals surface area contributed by atoms with Gasteiger partial charge in [0.25, 0.3) is 0 Å². The van der Waals surface area contributed by atoms with Gasteiger partial charge in [-0.1, -0.05) is 36.4 Å². The first kappa shape index (κ1) is 14.3. The normalized spacial score (nSPS) is 11.3. The van der Waals surface area contributed by atoms with Crippen LogP contribution in [0.2, 0.25) is 0 Å². The van der Waals surface area contributed by atoms with Crippen molar-refractivity contribution < 1.29 is 4.74 Å². The van der Waals surface area contributed by atoms with Crippen LogP contribution in [-0.4, -0.2) is 7.11 Å². The van der Waals surface area contributed by atoms with Gasteiger partial charge in [-0.15, -0.1) is 11.3 Å². The monoisotopic (exact) mass is 318 g/mol. The molecule has 0 bridgehead atoms. The zero-order chi connectivity index (χ0) is 16.0. The largest absolute Gasteiger partial charge is 0.496 e. The van der Waals surface area contributed by atoms with E-state index in [4.69, 9.17) is 4.74 Å². The Morgan fingerprint density at radius 1 is 0.870 bits per heavy atom. The fourth-order valence-electron chi connectivity index (χ4n) is 3.30. The van der Waals surface area contributed by atoms with E-state index < -0.39 is 0 Å². The van der Waals surface area contributed by atoms with Crippen LogP contribution in [0.3, 0.4) is 0 Å². The Morgan fingerprint density at radius 3 is 2.43 bits per heavy atom. The van der Waals surface area contributed by atoms with Crippen molar-refractivity contribution >= 4 is 31.5 Å². The molecule has 0 saturated carbocycles. The van der Waals surface area contributed by atoms with Crippen LogP contribution in [0.5, 0.6) is 5.75 Å². The second-order valence-electron chi connectivity index (χ2n) is 5.87. The topological polar surface area (TPSA) is 9.23 Å². The van der Waals surface area contributed by atoms with E-state index in [0.29, 0.717) is 0 Å². The Kier molecular flexibility index (Phi) is 3.35.